The van der Waals surface area contributed by atoms with Crippen LogP contribution in [0.5, 0.6) is 0 Å². The fourth-order valence-corrected chi connectivity index (χ4v) is 4.07. The molecule has 2 saturated heterocycles. The molecule has 0 saturated carbocycles. The van der Waals surface area contributed by atoms with Crippen molar-refractivity contribution in [3.05, 3.63) is 0 Å². The van der Waals surface area contributed by atoms with Crippen LogP contribution in [0.25, 0.3) is 0 Å². The van der Waals surface area contributed by atoms with Crippen molar-refractivity contribution < 1.29 is 5.11 Å². The van der Waals surface area contributed by atoms with Crippen LogP contribution in [0.3, 0.4) is 0 Å². The van der Waals surface area contributed by atoms with E-state index in [1.54, 1.807) is 0 Å². The summed E-state index contributed by atoms with van der Waals surface area (Å²) in [7, 11) is 0. The summed E-state index contributed by atoms with van der Waals surface area (Å²) in [5, 5.41) is 13.1. The number of nitrogens with one attached hydrogen (secondary N) is 1. The highest BCUT2D eigenvalue weighted by Gasteiger charge is 2.25. The van der Waals surface area contributed by atoms with Gasteiger partial charge in [0.2, 0.25) is 0 Å². The van der Waals surface area contributed by atoms with Gasteiger partial charge in [0.25, 0.3) is 0 Å². The summed E-state index contributed by atoms with van der Waals surface area (Å²) in [6.07, 6.45) is 4.14. The Morgan fingerprint density at radius 2 is 1.85 bits per heavy atom. The normalized spacial score (nSPS) is 23.2. The van der Waals surface area contributed by atoms with Gasteiger partial charge in [-0.25, -0.2) is 0 Å². The lowest BCUT2D eigenvalue weighted by Crippen LogP contribution is -2.41. The second-order valence-electron chi connectivity index (χ2n) is 7.75. The van der Waals surface area contributed by atoms with Crippen LogP contribution in [0.4, 0.5) is 0 Å². The fraction of sp³-hybridized carbons (Fsp3) is 0.950. The maximum absolute atomic E-state index is 9.59. The summed E-state index contributed by atoms with van der Waals surface area (Å²) in [5.74, 6) is 1.86. The van der Waals surface area contributed by atoms with Gasteiger partial charge in [0, 0.05) is 45.8 Å². The van der Waals surface area contributed by atoms with E-state index in [1.807, 2.05) is 0 Å². The molecule has 152 valence electrons. The Hall–Kier alpha value is -0.850. The number of nitrogens with zero attached hydrogens (tertiary/aromatic N) is 4. The van der Waals surface area contributed by atoms with Gasteiger partial charge in [-0.05, 0) is 58.2 Å². The average Bonchev–Trinajstić information content (AvgIpc) is 3.12. The molecule has 2 aliphatic heterocycles. The zero-order valence-electron chi connectivity index (χ0n) is 17.3. The predicted molar refractivity (Wildman–Crippen MR) is 110 cm³/mol. The van der Waals surface area contributed by atoms with Crippen LogP contribution in [0.1, 0.15) is 46.5 Å². The van der Waals surface area contributed by atoms with Gasteiger partial charge < -0.3 is 25.1 Å². The second-order valence-corrected chi connectivity index (χ2v) is 7.75. The fourth-order valence-electron chi connectivity index (χ4n) is 4.07. The summed E-state index contributed by atoms with van der Waals surface area (Å²) in [6, 6.07) is 0. The molecule has 0 aliphatic carbocycles. The van der Waals surface area contributed by atoms with Crippen LogP contribution >= 0.6 is 0 Å². The number of hydrogen-bond donors (Lipinski definition) is 2. The Labute approximate surface area is 160 Å². The highest BCUT2D eigenvalue weighted by atomic mass is 16.3. The molecule has 2 N–H and O–H groups in total. The van der Waals surface area contributed by atoms with Crippen molar-refractivity contribution in [1.82, 2.24) is 20.0 Å². The molecule has 0 radical (unpaired) electrons. The number of aliphatic hydroxyl groups excluding tert-OH is 1. The van der Waals surface area contributed by atoms with Crippen molar-refractivity contribution in [1.29, 1.82) is 0 Å². The Bertz CT molecular complexity index is 405. The van der Waals surface area contributed by atoms with E-state index in [-0.39, 0.29) is 6.10 Å². The molecule has 6 heteroatoms. The van der Waals surface area contributed by atoms with Crippen LogP contribution in [-0.4, -0.2) is 97.3 Å². The molecular formula is C20H41N5O. The van der Waals surface area contributed by atoms with Crippen molar-refractivity contribution in [2.24, 2.45) is 10.9 Å². The maximum atomic E-state index is 9.59. The van der Waals surface area contributed by atoms with Gasteiger partial charge in [-0.2, -0.15) is 0 Å². The Morgan fingerprint density at radius 3 is 2.50 bits per heavy atom. The molecule has 2 fully saturated rings. The van der Waals surface area contributed by atoms with Crippen LogP contribution in [-0.2, 0) is 0 Å². The van der Waals surface area contributed by atoms with Gasteiger partial charge in [-0.3, -0.25) is 4.99 Å². The van der Waals surface area contributed by atoms with E-state index in [4.69, 9.17) is 4.99 Å². The monoisotopic (exact) mass is 367 g/mol. The van der Waals surface area contributed by atoms with Crippen molar-refractivity contribution in [2.75, 3.05) is 65.4 Å². The number of piperidine rings is 1. The predicted octanol–water partition coefficient (Wildman–Crippen LogP) is 1.46. The van der Waals surface area contributed by atoms with Crippen LogP contribution in [0.15, 0.2) is 4.99 Å². The molecule has 0 aromatic carbocycles. The number of aliphatic hydroxyl groups is 1. The van der Waals surface area contributed by atoms with Gasteiger partial charge in [0.15, 0.2) is 5.96 Å². The minimum atomic E-state index is -0.0796. The highest BCUT2D eigenvalue weighted by Crippen LogP contribution is 2.17. The van der Waals surface area contributed by atoms with Crippen molar-refractivity contribution in [3.63, 3.8) is 0 Å². The molecule has 0 bridgehead atoms. The van der Waals surface area contributed by atoms with Crippen molar-refractivity contribution in [2.45, 2.75) is 52.6 Å². The van der Waals surface area contributed by atoms with E-state index in [1.165, 1.54) is 13.0 Å². The number of aliphatic imine (C=N–C) groups is 1. The molecule has 0 amide bonds. The lowest BCUT2D eigenvalue weighted by Gasteiger charge is -2.29. The number of rotatable bonds is 9. The third-order valence-corrected chi connectivity index (χ3v) is 5.78. The maximum Gasteiger partial charge on any atom is 0.193 e. The summed E-state index contributed by atoms with van der Waals surface area (Å²) in [4.78, 5) is 12.3. The quantitative estimate of drug-likeness (QED) is 0.367. The largest absolute Gasteiger partial charge is 0.393 e. The molecule has 26 heavy (non-hydrogen) atoms. The third-order valence-electron chi connectivity index (χ3n) is 5.78. The van der Waals surface area contributed by atoms with Crippen LogP contribution in [0, 0.1) is 5.92 Å². The third kappa shape index (κ3) is 7.05. The number of hydrogen-bond acceptors (Lipinski definition) is 4. The van der Waals surface area contributed by atoms with Gasteiger partial charge in [-0.15, -0.1) is 0 Å². The molecule has 0 aromatic heterocycles. The minimum Gasteiger partial charge on any atom is -0.393 e. The molecule has 0 aromatic rings. The van der Waals surface area contributed by atoms with E-state index < -0.39 is 0 Å². The van der Waals surface area contributed by atoms with Crippen molar-refractivity contribution in [3.8, 4) is 0 Å². The van der Waals surface area contributed by atoms with Gasteiger partial charge >= 0.3 is 0 Å². The molecule has 1 atom stereocenters. The van der Waals surface area contributed by atoms with Gasteiger partial charge in [-0.1, -0.05) is 13.8 Å². The smallest absolute Gasteiger partial charge is 0.193 e. The summed E-state index contributed by atoms with van der Waals surface area (Å²) in [6.45, 7) is 17.4. The minimum absolute atomic E-state index is 0.0796. The van der Waals surface area contributed by atoms with Gasteiger partial charge in [0.05, 0.1) is 6.10 Å². The first kappa shape index (κ1) is 21.5. The zero-order valence-corrected chi connectivity index (χ0v) is 17.3. The Morgan fingerprint density at radius 1 is 1.12 bits per heavy atom. The lowest BCUT2D eigenvalue weighted by atomic mass is 10.1. The van der Waals surface area contributed by atoms with Gasteiger partial charge in [0.1, 0.15) is 0 Å². The number of likely N-dealkylation sites (tertiary alicyclic amines) is 2. The molecular weight excluding hydrogens is 326 g/mol. The van der Waals surface area contributed by atoms with E-state index in [0.29, 0.717) is 0 Å². The lowest BCUT2D eigenvalue weighted by molar-refractivity contribution is 0.0824. The molecule has 1 unspecified atom stereocenters. The van der Waals surface area contributed by atoms with E-state index in [9.17, 15) is 5.11 Å². The first-order valence-corrected chi connectivity index (χ1v) is 10.8. The molecule has 0 spiro atoms. The summed E-state index contributed by atoms with van der Waals surface area (Å²) < 4.78 is 0. The molecule has 2 heterocycles. The Balaban J connectivity index is 1.74. The standard InChI is InChI=1S/C20H41N5O/c1-4-21-20(22-11-7-12-24-13-9-19(26)10-14-24)25-15-8-18(17-25)16-23(5-2)6-3/h18-19,26H,4-17H2,1-3H3,(H,21,22). The van der Waals surface area contributed by atoms with Crippen LogP contribution in [0.2, 0.25) is 0 Å². The zero-order chi connectivity index (χ0) is 18.8. The molecule has 2 rings (SSSR count). The first-order chi connectivity index (χ1) is 12.7. The average molecular weight is 368 g/mol. The van der Waals surface area contributed by atoms with E-state index in [0.717, 1.165) is 90.0 Å². The van der Waals surface area contributed by atoms with E-state index >= 15 is 0 Å². The van der Waals surface area contributed by atoms with Crippen LogP contribution < -0.4 is 5.32 Å². The van der Waals surface area contributed by atoms with E-state index in [2.05, 4.69) is 40.8 Å². The first-order valence-electron chi connectivity index (χ1n) is 10.8. The second kappa shape index (κ2) is 11.8. The Kier molecular flexibility index (Phi) is 9.72. The number of guanidine groups is 1. The van der Waals surface area contributed by atoms with Crippen molar-refractivity contribution >= 4 is 5.96 Å². The molecule has 2 aliphatic rings. The summed E-state index contributed by atoms with van der Waals surface area (Å²) in [5.41, 5.74) is 0. The summed E-state index contributed by atoms with van der Waals surface area (Å²) >= 11 is 0. The topological polar surface area (TPSA) is 54.3 Å². The molecule has 6 nitrogen and oxygen atoms in total. The highest BCUT2D eigenvalue weighted by molar-refractivity contribution is 5.80. The SMILES string of the molecule is CCNC(=NCCCN1CCC(O)CC1)N1CCC(CN(CC)CC)C1.